The molecule has 0 aliphatic rings. The molecule has 6 nitrogen and oxygen atoms in total. The molecule has 0 spiro atoms. The van der Waals surface area contributed by atoms with E-state index in [1.807, 2.05) is 0 Å². The normalized spacial score (nSPS) is 11.6. The Kier molecular flexibility index (Phi) is 4.27. The standard InChI is InChI=1S/C9H9BrN2O4S/c10-5-4-8(13)12-6-2-1-3-7(9(6)11)17(14,15)16/h1-5H,11H2,(H,12,13)(H,14,15,16). The third-order valence-electron chi connectivity index (χ3n) is 1.82. The quantitative estimate of drug-likeness (QED) is 0.442. The van der Waals surface area contributed by atoms with Gasteiger partial charge in [-0.15, -0.1) is 0 Å². The number of rotatable bonds is 3. The molecule has 0 saturated carbocycles. The minimum absolute atomic E-state index is 0.107. The lowest BCUT2D eigenvalue weighted by molar-refractivity contribution is -0.111. The van der Waals surface area contributed by atoms with Crippen LogP contribution in [0.3, 0.4) is 0 Å². The van der Waals surface area contributed by atoms with Crippen molar-refractivity contribution in [1.82, 2.24) is 0 Å². The number of nitrogens with one attached hydrogen (secondary N) is 1. The monoisotopic (exact) mass is 320 g/mol. The summed E-state index contributed by atoms with van der Waals surface area (Å²) in [5, 5.41) is 2.37. The van der Waals surface area contributed by atoms with Crippen LogP contribution in [-0.4, -0.2) is 18.9 Å². The van der Waals surface area contributed by atoms with E-state index in [2.05, 4.69) is 21.2 Å². The second-order valence-electron chi connectivity index (χ2n) is 2.97. The van der Waals surface area contributed by atoms with Crippen LogP contribution in [0.4, 0.5) is 11.4 Å². The molecule has 0 atom stereocenters. The maximum atomic E-state index is 11.2. The molecule has 0 aromatic heterocycles. The topological polar surface area (TPSA) is 109 Å². The maximum absolute atomic E-state index is 11.2. The van der Waals surface area contributed by atoms with Crippen molar-refractivity contribution in [3.05, 3.63) is 29.3 Å². The molecule has 1 aromatic carbocycles. The summed E-state index contributed by atoms with van der Waals surface area (Å²) in [6.07, 6.45) is 1.18. The van der Waals surface area contributed by atoms with Crippen molar-refractivity contribution in [1.29, 1.82) is 0 Å². The summed E-state index contributed by atoms with van der Waals surface area (Å²) in [6.45, 7) is 0. The van der Waals surface area contributed by atoms with Crippen LogP contribution in [0, 0.1) is 0 Å². The predicted molar refractivity (Wildman–Crippen MR) is 67.4 cm³/mol. The number of benzene rings is 1. The van der Waals surface area contributed by atoms with Gasteiger partial charge in [-0.2, -0.15) is 8.42 Å². The van der Waals surface area contributed by atoms with E-state index in [4.69, 9.17) is 10.3 Å². The third kappa shape index (κ3) is 3.55. The number of hydrogen-bond donors (Lipinski definition) is 3. The van der Waals surface area contributed by atoms with E-state index in [0.717, 1.165) is 6.07 Å². The molecule has 0 saturated heterocycles. The molecular weight excluding hydrogens is 312 g/mol. The molecule has 0 heterocycles. The molecule has 0 aliphatic heterocycles. The van der Waals surface area contributed by atoms with E-state index in [9.17, 15) is 13.2 Å². The third-order valence-corrected chi connectivity index (χ3v) is 2.99. The highest BCUT2D eigenvalue weighted by molar-refractivity contribution is 9.11. The van der Waals surface area contributed by atoms with Gasteiger partial charge in [0.2, 0.25) is 5.91 Å². The highest BCUT2D eigenvalue weighted by Crippen LogP contribution is 2.26. The van der Waals surface area contributed by atoms with E-state index in [-0.39, 0.29) is 11.4 Å². The first kappa shape index (κ1) is 13.7. The summed E-state index contributed by atoms with van der Waals surface area (Å²) < 4.78 is 30.8. The molecule has 17 heavy (non-hydrogen) atoms. The first-order valence-electron chi connectivity index (χ1n) is 4.30. The minimum Gasteiger partial charge on any atom is -0.396 e. The van der Waals surface area contributed by atoms with Crippen LogP contribution in [0.1, 0.15) is 0 Å². The molecule has 0 unspecified atom stereocenters. The Balaban J connectivity index is 3.16. The number of nitrogen functional groups attached to an aromatic ring is 1. The molecular formula is C9H9BrN2O4S. The summed E-state index contributed by atoms with van der Waals surface area (Å²) >= 11 is 2.92. The minimum atomic E-state index is -4.41. The van der Waals surface area contributed by atoms with Gasteiger partial charge in [0.25, 0.3) is 10.1 Å². The number of para-hydroxylation sites is 1. The van der Waals surface area contributed by atoms with Crippen LogP contribution in [0.2, 0.25) is 0 Å². The first-order chi connectivity index (χ1) is 7.86. The number of hydrogen-bond acceptors (Lipinski definition) is 4. The van der Waals surface area contributed by atoms with Crippen molar-refractivity contribution in [3.8, 4) is 0 Å². The molecule has 1 amide bonds. The zero-order chi connectivity index (χ0) is 13.1. The van der Waals surface area contributed by atoms with Gasteiger partial charge in [-0.25, -0.2) is 0 Å². The highest BCUT2D eigenvalue weighted by atomic mass is 79.9. The van der Waals surface area contributed by atoms with Crippen molar-refractivity contribution in [2.24, 2.45) is 0 Å². The fraction of sp³-hybridized carbons (Fsp3) is 0. The number of carbonyl (C=O) groups excluding carboxylic acids is 1. The molecule has 8 heteroatoms. The second-order valence-corrected chi connectivity index (χ2v) is 4.89. The number of nitrogens with two attached hydrogens (primary N) is 1. The Morgan fingerprint density at radius 1 is 1.47 bits per heavy atom. The average Bonchev–Trinajstić information content (AvgIpc) is 2.19. The maximum Gasteiger partial charge on any atom is 0.296 e. The zero-order valence-corrected chi connectivity index (χ0v) is 10.8. The number of anilines is 2. The van der Waals surface area contributed by atoms with Crippen molar-refractivity contribution < 1.29 is 17.8 Å². The zero-order valence-electron chi connectivity index (χ0n) is 8.42. The van der Waals surface area contributed by atoms with E-state index in [0.29, 0.717) is 0 Å². The van der Waals surface area contributed by atoms with Crippen LogP contribution in [-0.2, 0) is 14.9 Å². The Morgan fingerprint density at radius 3 is 2.65 bits per heavy atom. The largest absolute Gasteiger partial charge is 0.396 e. The number of carbonyl (C=O) groups is 1. The van der Waals surface area contributed by atoms with Crippen LogP contribution >= 0.6 is 15.9 Å². The molecule has 0 bridgehead atoms. The van der Waals surface area contributed by atoms with Crippen molar-refractivity contribution >= 4 is 43.3 Å². The molecule has 0 aliphatic carbocycles. The van der Waals surface area contributed by atoms with Gasteiger partial charge < -0.3 is 11.1 Å². The molecule has 0 fully saturated rings. The average molecular weight is 321 g/mol. The Bertz CT molecular complexity index is 568. The van der Waals surface area contributed by atoms with Gasteiger partial charge in [-0.3, -0.25) is 9.35 Å². The highest BCUT2D eigenvalue weighted by Gasteiger charge is 2.16. The van der Waals surface area contributed by atoms with E-state index in [1.165, 1.54) is 23.2 Å². The van der Waals surface area contributed by atoms with Crippen molar-refractivity contribution in [2.45, 2.75) is 4.90 Å². The molecule has 1 rings (SSSR count). The van der Waals surface area contributed by atoms with Gasteiger partial charge in [0.15, 0.2) is 0 Å². The van der Waals surface area contributed by atoms with Gasteiger partial charge in [-0.1, -0.05) is 22.0 Å². The summed E-state index contributed by atoms with van der Waals surface area (Å²) in [6, 6.07) is 3.91. The van der Waals surface area contributed by atoms with Crippen molar-refractivity contribution in [2.75, 3.05) is 11.1 Å². The molecule has 92 valence electrons. The Labute approximate surface area is 106 Å². The molecule has 1 aromatic rings. The SMILES string of the molecule is Nc1c(NC(=O)C=CBr)cccc1S(=O)(=O)O. The Hall–Kier alpha value is -1.38. The lowest BCUT2D eigenvalue weighted by Crippen LogP contribution is -2.12. The molecule has 0 radical (unpaired) electrons. The van der Waals surface area contributed by atoms with Gasteiger partial charge in [0.05, 0.1) is 11.4 Å². The van der Waals surface area contributed by atoms with Crippen LogP contribution in [0.15, 0.2) is 34.2 Å². The summed E-state index contributed by atoms with van der Waals surface area (Å²) in [7, 11) is -4.41. The van der Waals surface area contributed by atoms with Crippen LogP contribution < -0.4 is 11.1 Å². The lowest BCUT2D eigenvalue weighted by Gasteiger charge is -2.08. The van der Waals surface area contributed by atoms with Gasteiger partial charge in [0.1, 0.15) is 4.90 Å². The summed E-state index contributed by atoms with van der Waals surface area (Å²) in [5.41, 5.74) is 5.41. The Morgan fingerprint density at radius 2 is 2.12 bits per heavy atom. The van der Waals surface area contributed by atoms with Gasteiger partial charge >= 0.3 is 0 Å². The fourth-order valence-electron chi connectivity index (χ4n) is 1.11. The van der Waals surface area contributed by atoms with Crippen LogP contribution in [0.25, 0.3) is 0 Å². The van der Waals surface area contributed by atoms with E-state index < -0.39 is 20.9 Å². The smallest absolute Gasteiger partial charge is 0.296 e. The molecule has 4 N–H and O–H groups in total. The van der Waals surface area contributed by atoms with E-state index >= 15 is 0 Å². The van der Waals surface area contributed by atoms with E-state index in [1.54, 1.807) is 0 Å². The number of halogens is 1. The van der Waals surface area contributed by atoms with Gasteiger partial charge in [-0.05, 0) is 17.1 Å². The summed E-state index contributed by atoms with van der Waals surface area (Å²) in [5.74, 6) is -0.485. The van der Waals surface area contributed by atoms with Crippen molar-refractivity contribution in [3.63, 3.8) is 0 Å². The lowest BCUT2D eigenvalue weighted by atomic mass is 10.2. The second kappa shape index (κ2) is 5.30. The number of amides is 1. The fourth-order valence-corrected chi connectivity index (χ4v) is 1.99. The first-order valence-corrected chi connectivity index (χ1v) is 6.65. The summed E-state index contributed by atoms with van der Waals surface area (Å²) in [4.78, 5) is 12.1. The predicted octanol–water partition coefficient (Wildman–Crippen LogP) is 1.36. The van der Waals surface area contributed by atoms with Crippen LogP contribution in [0.5, 0.6) is 0 Å². The van der Waals surface area contributed by atoms with Gasteiger partial charge in [0, 0.05) is 6.08 Å².